The van der Waals surface area contributed by atoms with Gasteiger partial charge in [-0.3, -0.25) is 0 Å². The first kappa shape index (κ1) is 13.1. The van der Waals surface area contributed by atoms with E-state index in [4.69, 9.17) is 9.47 Å². The zero-order chi connectivity index (χ0) is 13.0. The fourth-order valence-corrected chi connectivity index (χ4v) is 1.88. The number of hydrogen-bond donors (Lipinski definition) is 0. The zero-order valence-corrected chi connectivity index (χ0v) is 11.9. The van der Waals surface area contributed by atoms with E-state index in [0.29, 0.717) is 12.5 Å². The third-order valence-electron chi connectivity index (χ3n) is 2.47. The van der Waals surface area contributed by atoms with Crippen LogP contribution in [-0.2, 0) is 11.3 Å². The molecule has 0 bridgehead atoms. The van der Waals surface area contributed by atoms with Crippen molar-refractivity contribution in [2.75, 3.05) is 7.11 Å². The predicted molar refractivity (Wildman–Crippen MR) is 73.9 cm³/mol. The van der Waals surface area contributed by atoms with Crippen LogP contribution >= 0.6 is 15.9 Å². The van der Waals surface area contributed by atoms with Gasteiger partial charge in [-0.2, -0.15) is 0 Å². The summed E-state index contributed by atoms with van der Waals surface area (Å²) in [4.78, 5) is 4.21. The van der Waals surface area contributed by atoms with Crippen LogP contribution in [-0.4, -0.2) is 12.1 Å². The number of benzene rings is 1. The molecule has 0 saturated heterocycles. The summed E-state index contributed by atoms with van der Waals surface area (Å²) in [5.41, 5.74) is 2.16. The third-order valence-corrected chi connectivity index (χ3v) is 3.44. The Hall–Kier alpha value is -1.39. The Morgan fingerprint density at radius 2 is 2.11 bits per heavy atom. The minimum Gasteiger partial charge on any atom is -0.438 e. The van der Waals surface area contributed by atoms with E-state index < -0.39 is 0 Å². The van der Waals surface area contributed by atoms with Gasteiger partial charge in [-0.1, -0.05) is 12.1 Å². The van der Waals surface area contributed by atoms with E-state index in [2.05, 4.69) is 20.9 Å². The molecular formula is C14H14BrNO2. The van der Waals surface area contributed by atoms with Crippen molar-refractivity contribution in [2.45, 2.75) is 13.5 Å². The summed E-state index contributed by atoms with van der Waals surface area (Å²) in [6, 6.07) is 9.70. The lowest BCUT2D eigenvalue weighted by atomic mass is 10.2. The minimum atomic E-state index is 0.569. The molecule has 0 atom stereocenters. The summed E-state index contributed by atoms with van der Waals surface area (Å²) in [6.45, 7) is 2.57. The topological polar surface area (TPSA) is 31.4 Å². The Morgan fingerprint density at radius 1 is 1.28 bits per heavy atom. The third kappa shape index (κ3) is 3.09. The van der Waals surface area contributed by atoms with Crippen LogP contribution in [0.1, 0.15) is 11.1 Å². The average Bonchev–Trinajstić information content (AvgIpc) is 2.36. The van der Waals surface area contributed by atoms with Crippen LogP contribution in [0.15, 0.2) is 41.0 Å². The normalized spacial score (nSPS) is 10.4. The molecule has 0 N–H and O–H groups in total. The highest BCUT2D eigenvalue weighted by Gasteiger charge is 2.06. The second-order valence-corrected chi connectivity index (χ2v) is 4.72. The Balaban J connectivity index is 2.23. The van der Waals surface area contributed by atoms with Crippen LogP contribution in [0.2, 0.25) is 0 Å². The van der Waals surface area contributed by atoms with Crippen molar-refractivity contribution in [1.82, 2.24) is 4.98 Å². The van der Waals surface area contributed by atoms with Gasteiger partial charge in [0.1, 0.15) is 5.75 Å². The van der Waals surface area contributed by atoms with Crippen molar-refractivity contribution in [3.8, 4) is 11.6 Å². The van der Waals surface area contributed by atoms with Gasteiger partial charge in [-0.15, -0.1) is 0 Å². The smallest absolute Gasteiger partial charge is 0.233 e. The Bertz CT molecular complexity index is 543. The lowest BCUT2D eigenvalue weighted by Gasteiger charge is -2.09. The lowest BCUT2D eigenvalue weighted by molar-refractivity contribution is 0.184. The van der Waals surface area contributed by atoms with Crippen LogP contribution in [0.3, 0.4) is 0 Å². The van der Waals surface area contributed by atoms with Gasteiger partial charge in [0.2, 0.25) is 5.88 Å². The molecule has 0 saturated carbocycles. The Labute approximate surface area is 115 Å². The molecule has 1 aromatic heterocycles. The second-order valence-electron chi connectivity index (χ2n) is 3.93. The number of aryl methyl sites for hydroxylation is 1. The van der Waals surface area contributed by atoms with Crippen molar-refractivity contribution in [3.63, 3.8) is 0 Å². The van der Waals surface area contributed by atoms with E-state index in [1.165, 1.54) is 0 Å². The fourth-order valence-electron chi connectivity index (χ4n) is 1.56. The number of methoxy groups -OCH3 is 1. The first-order chi connectivity index (χ1) is 8.70. The van der Waals surface area contributed by atoms with Crippen molar-refractivity contribution in [3.05, 3.63) is 52.1 Å². The highest BCUT2D eigenvalue weighted by Crippen LogP contribution is 2.30. The van der Waals surface area contributed by atoms with Crippen LogP contribution in [0.25, 0.3) is 0 Å². The maximum Gasteiger partial charge on any atom is 0.233 e. The van der Waals surface area contributed by atoms with E-state index in [-0.39, 0.29) is 0 Å². The summed E-state index contributed by atoms with van der Waals surface area (Å²) in [5.74, 6) is 1.33. The standard InChI is InChI=1S/C14H14BrNO2/c1-10-6-7-16-14(13(10)15)18-12-5-3-4-11(8-12)9-17-2/h3-8H,9H2,1-2H3. The van der Waals surface area contributed by atoms with Gasteiger partial charge in [0.15, 0.2) is 0 Å². The molecular weight excluding hydrogens is 294 g/mol. The summed E-state index contributed by atoms with van der Waals surface area (Å²) in [5, 5.41) is 0. The van der Waals surface area contributed by atoms with E-state index >= 15 is 0 Å². The van der Waals surface area contributed by atoms with Gasteiger partial charge in [0.25, 0.3) is 0 Å². The van der Waals surface area contributed by atoms with Gasteiger partial charge in [-0.05, 0) is 52.2 Å². The number of rotatable bonds is 4. The largest absolute Gasteiger partial charge is 0.438 e. The minimum absolute atomic E-state index is 0.569. The van der Waals surface area contributed by atoms with Crippen LogP contribution in [0, 0.1) is 6.92 Å². The van der Waals surface area contributed by atoms with Crippen molar-refractivity contribution < 1.29 is 9.47 Å². The molecule has 94 valence electrons. The fraction of sp³-hybridized carbons (Fsp3) is 0.214. The zero-order valence-electron chi connectivity index (χ0n) is 10.3. The SMILES string of the molecule is COCc1cccc(Oc2nccc(C)c2Br)c1. The lowest BCUT2D eigenvalue weighted by Crippen LogP contribution is -1.92. The molecule has 3 nitrogen and oxygen atoms in total. The first-order valence-electron chi connectivity index (χ1n) is 5.57. The van der Waals surface area contributed by atoms with Crippen LogP contribution in [0.4, 0.5) is 0 Å². The first-order valence-corrected chi connectivity index (χ1v) is 6.37. The Morgan fingerprint density at radius 3 is 2.89 bits per heavy atom. The number of hydrogen-bond acceptors (Lipinski definition) is 3. The highest BCUT2D eigenvalue weighted by molar-refractivity contribution is 9.10. The molecule has 18 heavy (non-hydrogen) atoms. The van der Waals surface area contributed by atoms with Gasteiger partial charge in [0.05, 0.1) is 11.1 Å². The van der Waals surface area contributed by atoms with E-state index in [1.54, 1.807) is 13.3 Å². The predicted octanol–water partition coefficient (Wildman–Crippen LogP) is 4.09. The molecule has 0 amide bonds. The number of nitrogens with zero attached hydrogens (tertiary/aromatic N) is 1. The molecule has 0 aliphatic heterocycles. The molecule has 0 radical (unpaired) electrons. The second kappa shape index (κ2) is 5.98. The molecule has 0 aliphatic rings. The van der Waals surface area contributed by atoms with Gasteiger partial charge in [-0.25, -0.2) is 4.98 Å². The molecule has 0 spiro atoms. The maximum atomic E-state index is 5.76. The molecule has 0 fully saturated rings. The summed E-state index contributed by atoms with van der Waals surface area (Å²) in [7, 11) is 1.67. The molecule has 4 heteroatoms. The summed E-state index contributed by atoms with van der Waals surface area (Å²) in [6.07, 6.45) is 1.73. The van der Waals surface area contributed by atoms with Gasteiger partial charge >= 0.3 is 0 Å². The van der Waals surface area contributed by atoms with Gasteiger partial charge < -0.3 is 9.47 Å². The van der Waals surface area contributed by atoms with Gasteiger partial charge in [0, 0.05) is 13.3 Å². The molecule has 0 aliphatic carbocycles. The van der Waals surface area contributed by atoms with Crippen LogP contribution < -0.4 is 4.74 Å². The number of pyridine rings is 1. The maximum absolute atomic E-state index is 5.76. The van der Waals surface area contributed by atoms with E-state index in [1.807, 2.05) is 37.3 Å². The molecule has 2 aromatic rings. The van der Waals surface area contributed by atoms with Crippen molar-refractivity contribution in [1.29, 1.82) is 0 Å². The summed E-state index contributed by atoms with van der Waals surface area (Å²) >= 11 is 3.47. The molecule has 1 heterocycles. The highest BCUT2D eigenvalue weighted by atomic mass is 79.9. The molecule has 2 rings (SSSR count). The quantitative estimate of drug-likeness (QED) is 0.852. The van der Waals surface area contributed by atoms with Crippen molar-refractivity contribution >= 4 is 15.9 Å². The number of halogens is 1. The number of aromatic nitrogens is 1. The molecule has 1 aromatic carbocycles. The van der Waals surface area contributed by atoms with Crippen molar-refractivity contribution in [2.24, 2.45) is 0 Å². The number of ether oxygens (including phenoxy) is 2. The van der Waals surface area contributed by atoms with E-state index in [9.17, 15) is 0 Å². The Kier molecular flexibility index (Phi) is 4.33. The van der Waals surface area contributed by atoms with E-state index in [0.717, 1.165) is 21.3 Å². The molecule has 0 unspecified atom stereocenters. The average molecular weight is 308 g/mol. The monoisotopic (exact) mass is 307 g/mol. The summed E-state index contributed by atoms with van der Waals surface area (Å²) < 4.78 is 11.7. The van der Waals surface area contributed by atoms with Crippen LogP contribution in [0.5, 0.6) is 11.6 Å².